The molecule has 172 valence electrons. The summed E-state index contributed by atoms with van der Waals surface area (Å²) in [6, 6.07) is 6.08. The van der Waals surface area contributed by atoms with Gasteiger partial charge in [-0.25, -0.2) is 4.79 Å². The summed E-state index contributed by atoms with van der Waals surface area (Å²) >= 11 is 6.25. The topological polar surface area (TPSA) is 36.0 Å². The van der Waals surface area contributed by atoms with Crippen LogP contribution in [0, 0.1) is 0 Å². The average molecular weight is 460 g/mol. The third kappa shape index (κ3) is 4.75. The van der Waals surface area contributed by atoms with Crippen LogP contribution >= 0.6 is 11.6 Å². The molecule has 0 bridgehead atoms. The number of hydrogen-bond acceptors (Lipinski definition) is 4. The highest BCUT2D eigenvalue weighted by Gasteiger charge is 2.45. The van der Waals surface area contributed by atoms with Gasteiger partial charge in [-0.1, -0.05) is 17.7 Å². The van der Waals surface area contributed by atoms with Crippen molar-refractivity contribution in [2.24, 2.45) is 0 Å². The van der Waals surface area contributed by atoms with Crippen LogP contribution in [-0.4, -0.2) is 66.4 Å². The number of piperidine rings is 1. The summed E-state index contributed by atoms with van der Waals surface area (Å²) in [5, 5.41) is 0.738. The van der Waals surface area contributed by atoms with Crippen LogP contribution in [0.5, 0.6) is 0 Å². The summed E-state index contributed by atoms with van der Waals surface area (Å²) in [5.74, 6) is 0. The maximum atomic E-state index is 12.7. The molecule has 0 radical (unpaired) electrons. The number of halogens is 4. The minimum atomic E-state index is -4.54. The van der Waals surface area contributed by atoms with Gasteiger partial charge in [-0.3, -0.25) is 4.90 Å². The minimum absolute atomic E-state index is 0.0156. The normalized spacial score (nSPS) is 22.5. The lowest BCUT2D eigenvalue weighted by Crippen LogP contribution is -2.53. The second-order valence-corrected chi connectivity index (χ2v) is 9.35. The van der Waals surface area contributed by atoms with Gasteiger partial charge in [0, 0.05) is 49.0 Å². The Morgan fingerprint density at radius 3 is 2.45 bits per heavy atom. The molecule has 3 aliphatic heterocycles. The number of likely N-dealkylation sites (tertiary alicyclic amines) is 2. The number of hydrogen-bond donors (Lipinski definition) is 0. The van der Waals surface area contributed by atoms with E-state index >= 15 is 0 Å². The van der Waals surface area contributed by atoms with E-state index in [0.717, 1.165) is 63.8 Å². The molecule has 9 heteroatoms. The Hall–Kier alpha value is -1.67. The van der Waals surface area contributed by atoms with Crippen LogP contribution < -0.4 is 4.90 Å². The van der Waals surface area contributed by atoms with Crippen LogP contribution in [-0.2, 0) is 11.3 Å². The number of amides is 1. The second kappa shape index (κ2) is 8.70. The summed E-state index contributed by atoms with van der Waals surface area (Å²) in [6.07, 6.45) is -2.70. The van der Waals surface area contributed by atoms with Crippen LogP contribution in [0.4, 0.5) is 23.7 Å². The Kier molecular flexibility index (Phi) is 6.32. The van der Waals surface area contributed by atoms with Crippen molar-refractivity contribution >= 4 is 23.4 Å². The first-order valence-electron chi connectivity index (χ1n) is 11.0. The molecule has 1 unspecified atom stereocenters. The first-order valence-corrected chi connectivity index (χ1v) is 11.4. The van der Waals surface area contributed by atoms with Gasteiger partial charge in [-0.15, -0.1) is 0 Å². The highest BCUT2D eigenvalue weighted by Crippen LogP contribution is 2.41. The second-order valence-electron chi connectivity index (χ2n) is 8.92. The maximum Gasteiger partial charge on any atom is 0.425 e. The van der Waals surface area contributed by atoms with Gasteiger partial charge >= 0.3 is 12.3 Å². The van der Waals surface area contributed by atoms with E-state index < -0.39 is 18.4 Å². The van der Waals surface area contributed by atoms with Crippen LogP contribution in [0.15, 0.2) is 18.2 Å². The lowest BCUT2D eigenvalue weighted by molar-refractivity contribution is -0.200. The van der Waals surface area contributed by atoms with Crippen molar-refractivity contribution < 1.29 is 22.7 Å². The number of nitrogens with zero attached hydrogens (tertiary/aromatic N) is 3. The van der Waals surface area contributed by atoms with Crippen molar-refractivity contribution in [3.05, 3.63) is 28.8 Å². The summed E-state index contributed by atoms with van der Waals surface area (Å²) in [4.78, 5) is 18.5. The van der Waals surface area contributed by atoms with Gasteiger partial charge in [0.15, 0.2) is 6.10 Å². The van der Waals surface area contributed by atoms with E-state index in [1.807, 2.05) is 12.1 Å². The average Bonchev–Trinajstić information content (AvgIpc) is 3.04. The molecule has 1 aromatic rings. The van der Waals surface area contributed by atoms with Crippen LogP contribution in [0.1, 0.15) is 44.6 Å². The maximum absolute atomic E-state index is 12.7. The standard InChI is InChI=1S/C22H29ClF3N3O2/c1-16(22(24,25)26)31-20(30)28-12-7-21(8-13-28)6-2-11-29(21)15-17-4-5-18(23)14-19(17)27-9-3-10-27/h4-5,14,16H,2-3,6-13,15H2,1H3. The highest BCUT2D eigenvalue weighted by atomic mass is 35.5. The highest BCUT2D eigenvalue weighted by molar-refractivity contribution is 6.30. The SMILES string of the molecule is CC(OC(=O)N1CCC2(CCCN2Cc2ccc(Cl)cc2N2CCC2)CC1)C(F)(F)F. The zero-order valence-corrected chi connectivity index (χ0v) is 18.5. The number of anilines is 1. The van der Waals surface area contributed by atoms with E-state index in [9.17, 15) is 18.0 Å². The van der Waals surface area contributed by atoms with E-state index in [1.165, 1.54) is 22.6 Å². The fraction of sp³-hybridized carbons (Fsp3) is 0.682. The molecule has 0 aliphatic carbocycles. The van der Waals surface area contributed by atoms with Gasteiger partial charge in [-0.2, -0.15) is 13.2 Å². The van der Waals surface area contributed by atoms with E-state index in [0.29, 0.717) is 13.1 Å². The predicted molar refractivity (Wildman–Crippen MR) is 113 cm³/mol. The van der Waals surface area contributed by atoms with Gasteiger partial charge in [0.2, 0.25) is 0 Å². The lowest BCUT2D eigenvalue weighted by atomic mass is 9.84. The molecule has 3 aliphatic rings. The largest absolute Gasteiger partial charge is 0.437 e. The number of carbonyl (C=O) groups excluding carboxylic acids is 1. The molecule has 3 heterocycles. The Morgan fingerprint density at radius 2 is 1.84 bits per heavy atom. The number of ether oxygens (including phenoxy) is 1. The quantitative estimate of drug-likeness (QED) is 0.630. The molecule has 0 aromatic heterocycles. The third-order valence-electron chi connectivity index (χ3n) is 7.04. The zero-order valence-electron chi connectivity index (χ0n) is 17.8. The Labute approximate surface area is 186 Å². The van der Waals surface area contributed by atoms with E-state index in [-0.39, 0.29) is 5.54 Å². The zero-order chi connectivity index (χ0) is 22.2. The molecule has 1 spiro atoms. The molecular formula is C22H29ClF3N3O2. The Morgan fingerprint density at radius 1 is 1.13 bits per heavy atom. The first kappa shape index (κ1) is 22.5. The monoisotopic (exact) mass is 459 g/mol. The van der Waals surface area contributed by atoms with Crippen molar-refractivity contribution in [3.8, 4) is 0 Å². The first-order chi connectivity index (χ1) is 14.7. The fourth-order valence-electron chi connectivity index (χ4n) is 4.93. The molecule has 1 atom stereocenters. The van der Waals surface area contributed by atoms with Crippen LogP contribution in [0.25, 0.3) is 0 Å². The van der Waals surface area contributed by atoms with Crippen molar-refractivity contribution in [1.29, 1.82) is 0 Å². The van der Waals surface area contributed by atoms with Crippen molar-refractivity contribution in [2.75, 3.05) is 37.6 Å². The number of alkyl halides is 3. The van der Waals surface area contributed by atoms with Crippen molar-refractivity contribution in [3.63, 3.8) is 0 Å². The van der Waals surface area contributed by atoms with Crippen LogP contribution in [0.2, 0.25) is 5.02 Å². The van der Waals surface area contributed by atoms with Gasteiger partial charge in [0.05, 0.1) is 0 Å². The van der Waals surface area contributed by atoms with Gasteiger partial charge in [0.25, 0.3) is 0 Å². The summed E-state index contributed by atoms with van der Waals surface area (Å²) in [7, 11) is 0. The molecule has 5 nitrogen and oxygen atoms in total. The molecule has 4 rings (SSSR count). The van der Waals surface area contributed by atoms with E-state index in [1.54, 1.807) is 0 Å². The molecule has 1 aromatic carbocycles. The molecule has 0 N–H and O–H groups in total. The molecule has 3 fully saturated rings. The third-order valence-corrected chi connectivity index (χ3v) is 7.27. The number of benzene rings is 1. The van der Waals surface area contributed by atoms with Gasteiger partial charge in [-0.05, 0) is 63.3 Å². The fourth-order valence-corrected chi connectivity index (χ4v) is 5.10. The van der Waals surface area contributed by atoms with Gasteiger partial charge < -0.3 is 14.5 Å². The summed E-state index contributed by atoms with van der Waals surface area (Å²) in [6.45, 7) is 5.59. The van der Waals surface area contributed by atoms with Crippen LogP contribution in [0.3, 0.4) is 0 Å². The Bertz CT molecular complexity index is 808. The smallest absolute Gasteiger partial charge is 0.425 e. The number of carbonyl (C=O) groups is 1. The lowest BCUT2D eigenvalue weighted by Gasteiger charge is -2.45. The van der Waals surface area contributed by atoms with Gasteiger partial charge in [0.1, 0.15) is 0 Å². The summed E-state index contributed by atoms with van der Waals surface area (Å²) in [5.41, 5.74) is 2.44. The van der Waals surface area contributed by atoms with E-state index in [2.05, 4.69) is 20.6 Å². The summed E-state index contributed by atoms with van der Waals surface area (Å²) < 4.78 is 42.7. The number of rotatable bonds is 4. The van der Waals surface area contributed by atoms with Crippen molar-refractivity contribution in [1.82, 2.24) is 9.80 Å². The minimum Gasteiger partial charge on any atom is -0.437 e. The molecular weight excluding hydrogens is 431 g/mol. The van der Waals surface area contributed by atoms with E-state index in [4.69, 9.17) is 11.6 Å². The molecule has 31 heavy (non-hydrogen) atoms. The molecule has 3 saturated heterocycles. The molecule has 1 amide bonds. The predicted octanol–water partition coefficient (Wildman–Crippen LogP) is 5.07. The van der Waals surface area contributed by atoms with Crippen molar-refractivity contribution in [2.45, 2.75) is 63.4 Å². The molecule has 0 saturated carbocycles. The Balaban J connectivity index is 1.40.